The van der Waals surface area contributed by atoms with Crippen LogP contribution in [0.15, 0.2) is 149 Å². The molecule has 4 bridgehead atoms. The third-order valence-electron chi connectivity index (χ3n) is 10.2. The highest BCUT2D eigenvalue weighted by atomic mass is 16.1. The molecule has 6 aromatic carbocycles. The molecular formula is C42H26N4O2. The van der Waals surface area contributed by atoms with Gasteiger partial charge in [-0.15, -0.1) is 0 Å². The van der Waals surface area contributed by atoms with Crippen LogP contribution >= 0.6 is 0 Å². The summed E-state index contributed by atoms with van der Waals surface area (Å²) in [6, 6.07) is 45.8. The topological polar surface area (TPSA) is 69.8 Å². The molecule has 0 spiro atoms. The molecule has 6 nitrogen and oxygen atoms in total. The van der Waals surface area contributed by atoms with E-state index in [4.69, 9.17) is 9.97 Å². The van der Waals surface area contributed by atoms with Crippen molar-refractivity contribution in [1.82, 2.24) is 19.1 Å². The van der Waals surface area contributed by atoms with E-state index in [2.05, 4.69) is 55.5 Å². The summed E-state index contributed by atoms with van der Waals surface area (Å²) < 4.78 is 3.46. The Kier molecular flexibility index (Phi) is 5.34. The van der Waals surface area contributed by atoms with Gasteiger partial charge in [0.05, 0.1) is 33.2 Å². The smallest absolute Gasteiger partial charge is 0.266 e. The summed E-state index contributed by atoms with van der Waals surface area (Å²) in [6.07, 6.45) is 0. The van der Waals surface area contributed by atoms with Crippen LogP contribution in [-0.4, -0.2) is 19.1 Å². The monoisotopic (exact) mass is 618 g/mol. The highest BCUT2D eigenvalue weighted by molar-refractivity contribution is 5.89. The van der Waals surface area contributed by atoms with Crippen LogP contribution in [0.2, 0.25) is 0 Å². The van der Waals surface area contributed by atoms with Crippen LogP contribution in [0, 0.1) is 0 Å². The minimum absolute atomic E-state index is 0.0945. The molecule has 0 amide bonds. The van der Waals surface area contributed by atoms with Crippen molar-refractivity contribution in [2.75, 3.05) is 0 Å². The molecule has 2 aromatic heterocycles. The predicted molar refractivity (Wildman–Crippen MR) is 190 cm³/mol. The van der Waals surface area contributed by atoms with Crippen molar-refractivity contribution in [3.05, 3.63) is 177 Å². The van der Waals surface area contributed by atoms with Crippen LogP contribution in [0.4, 0.5) is 0 Å². The molecule has 1 aliphatic carbocycles. The van der Waals surface area contributed by atoms with Crippen molar-refractivity contribution in [2.24, 2.45) is 0 Å². The zero-order valence-electron chi connectivity index (χ0n) is 25.9. The maximum Gasteiger partial charge on any atom is 0.266 e. The second-order valence-corrected chi connectivity index (χ2v) is 12.7. The first-order chi connectivity index (χ1) is 23.5. The molecule has 6 heteroatoms. The van der Waals surface area contributed by atoms with Crippen LogP contribution in [0.5, 0.6) is 0 Å². The van der Waals surface area contributed by atoms with Gasteiger partial charge in [0.1, 0.15) is 11.6 Å². The van der Waals surface area contributed by atoms with Crippen molar-refractivity contribution < 1.29 is 0 Å². The lowest BCUT2D eigenvalue weighted by Gasteiger charge is -2.29. The minimum atomic E-state index is -0.563. The van der Waals surface area contributed by atoms with E-state index in [0.717, 1.165) is 50.3 Å². The van der Waals surface area contributed by atoms with E-state index in [1.54, 1.807) is 9.13 Å². The fourth-order valence-corrected chi connectivity index (χ4v) is 7.78. The Morgan fingerprint density at radius 2 is 1.00 bits per heavy atom. The Morgan fingerprint density at radius 3 is 1.58 bits per heavy atom. The van der Waals surface area contributed by atoms with Gasteiger partial charge in [-0.2, -0.15) is 0 Å². The first kappa shape index (κ1) is 26.8. The van der Waals surface area contributed by atoms with Gasteiger partial charge in [-0.1, -0.05) is 78.9 Å². The second kappa shape index (κ2) is 9.56. The maximum absolute atomic E-state index is 14.1. The first-order valence-electron chi connectivity index (χ1n) is 16.0. The molecule has 0 saturated heterocycles. The van der Waals surface area contributed by atoms with Gasteiger partial charge >= 0.3 is 0 Å². The molecule has 0 saturated carbocycles. The van der Waals surface area contributed by atoms with Gasteiger partial charge in [0.25, 0.3) is 11.1 Å². The van der Waals surface area contributed by atoms with E-state index < -0.39 is 5.41 Å². The van der Waals surface area contributed by atoms with E-state index in [1.807, 2.05) is 91.0 Å². The zero-order chi connectivity index (χ0) is 32.1. The molecule has 0 N–H and O–H groups in total. The Labute approximate surface area is 274 Å². The quantitative estimate of drug-likeness (QED) is 0.197. The number of rotatable bonds is 2. The van der Waals surface area contributed by atoms with E-state index in [9.17, 15) is 9.59 Å². The van der Waals surface area contributed by atoms with Crippen LogP contribution < -0.4 is 11.1 Å². The second-order valence-electron chi connectivity index (χ2n) is 12.7. The molecule has 1 atom stereocenters. The predicted octanol–water partition coefficient (Wildman–Crippen LogP) is 8.07. The van der Waals surface area contributed by atoms with Gasteiger partial charge in [0.2, 0.25) is 0 Å². The molecule has 48 heavy (non-hydrogen) atoms. The first-order valence-corrected chi connectivity index (χ1v) is 16.0. The molecule has 1 aliphatic heterocycles. The lowest BCUT2D eigenvalue weighted by atomic mass is 9.73. The summed E-state index contributed by atoms with van der Waals surface area (Å²) in [5.41, 5.74) is 9.41. The standard InChI is InChI=1S/C42H26N4O2/c1-42-27-10-9-13-29(24-27)46-39(44-37-17-8-6-15-33(37)41(46)48)26-19-21-31(35(42)23-26)30-20-18-25(22-34(30)42)38-43-36-16-7-5-14-32(36)40(47)45(38)28-11-3-2-4-12-28/h2-24H,1H3. The van der Waals surface area contributed by atoms with Crippen molar-refractivity contribution >= 4 is 21.8 Å². The Balaban J connectivity index is 1.26. The third-order valence-corrected chi connectivity index (χ3v) is 10.2. The third kappa shape index (κ3) is 3.51. The van der Waals surface area contributed by atoms with E-state index in [0.29, 0.717) is 33.5 Å². The largest absolute Gasteiger partial charge is 0.268 e. The lowest BCUT2D eigenvalue weighted by molar-refractivity contribution is 0.714. The number of hydrogen-bond donors (Lipinski definition) is 0. The van der Waals surface area contributed by atoms with Gasteiger partial charge in [-0.3, -0.25) is 18.7 Å². The number of fused-ring (bicyclic) bond motifs is 12. The molecule has 1 unspecified atom stereocenters. The van der Waals surface area contributed by atoms with Crippen LogP contribution in [0.3, 0.4) is 0 Å². The van der Waals surface area contributed by atoms with Gasteiger partial charge in [0.15, 0.2) is 0 Å². The van der Waals surface area contributed by atoms with Gasteiger partial charge in [-0.05, 0) is 95.4 Å². The molecule has 8 aromatic rings. The Hall–Kier alpha value is -6.40. The number of hydrogen-bond acceptors (Lipinski definition) is 4. The van der Waals surface area contributed by atoms with E-state index in [1.165, 1.54) is 0 Å². The van der Waals surface area contributed by atoms with E-state index >= 15 is 0 Å². The van der Waals surface area contributed by atoms with Gasteiger partial charge in [0, 0.05) is 16.5 Å². The zero-order valence-corrected chi connectivity index (χ0v) is 25.9. The maximum atomic E-state index is 14.1. The summed E-state index contributed by atoms with van der Waals surface area (Å²) in [5, 5.41) is 1.15. The normalized spacial score (nSPS) is 15.4. The fraction of sp³-hybridized carbons (Fsp3) is 0.0476. The Morgan fingerprint density at radius 1 is 0.500 bits per heavy atom. The highest BCUT2D eigenvalue weighted by Crippen LogP contribution is 2.54. The molecule has 0 fully saturated rings. The number of benzene rings is 6. The summed E-state index contributed by atoms with van der Waals surface area (Å²) in [5.74, 6) is 1.20. The summed E-state index contributed by atoms with van der Waals surface area (Å²) in [7, 11) is 0. The highest BCUT2D eigenvalue weighted by Gasteiger charge is 2.42. The SMILES string of the molecule is CC12c3cccc(c3)-n3c(nc4ccccc4c3=O)-c3ccc(c1c3)-c1ccc(-c3nc4ccccc4c(=O)n3-c3ccccc3)cc12. The molecule has 226 valence electrons. The molecule has 10 rings (SSSR count). The average Bonchev–Trinajstić information content (AvgIpc) is 3.40. The van der Waals surface area contributed by atoms with Crippen molar-refractivity contribution in [2.45, 2.75) is 12.3 Å². The van der Waals surface area contributed by atoms with Gasteiger partial charge in [-0.25, -0.2) is 9.97 Å². The lowest BCUT2D eigenvalue weighted by Crippen LogP contribution is -2.24. The van der Waals surface area contributed by atoms with E-state index in [-0.39, 0.29) is 11.1 Å². The number of nitrogens with zero attached hydrogens (tertiary/aromatic N) is 4. The van der Waals surface area contributed by atoms with Crippen LogP contribution in [0.1, 0.15) is 23.6 Å². The van der Waals surface area contributed by atoms with Gasteiger partial charge < -0.3 is 0 Å². The molecular weight excluding hydrogens is 592 g/mol. The fourth-order valence-electron chi connectivity index (χ4n) is 7.78. The van der Waals surface area contributed by atoms with Crippen LogP contribution in [0.25, 0.3) is 67.1 Å². The Bertz CT molecular complexity index is 2800. The van der Waals surface area contributed by atoms with Crippen molar-refractivity contribution in [1.29, 1.82) is 0 Å². The van der Waals surface area contributed by atoms with Crippen LogP contribution in [-0.2, 0) is 5.41 Å². The summed E-state index contributed by atoms with van der Waals surface area (Å²) in [4.78, 5) is 38.3. The van der Waals surface area contributed by atoms with Crippen molar-refractivity contribution in [3.63, 3.8) is 0 Å². The molecule has 3 heterocycles. The number of para-hydroxylation sites is 3. The summed E-state index contributed by atoms with van der Waals surface area (Å²) >= 11 is 0. The average molecular weight is 619 g/mol. The molecule has 2 aliphatic rings. The summed E-state index contributed by atoms with van der Waals surface area (Å²) in [6.45, 7) is 2.26. The number of aromatic nitrogens is 4. The van der Waals surface area contributed by atoms with Crippen molar-refractivity contribution in [3.8, 4) is 45.3 Å². The minimum Gasteiger partial charge on any atom is -0.268 e. The molecule has 0 radical (unpaired) electrons.